The summed E-state index contributed by atoms with van der Waals surface area (Å²) in [5, 5.41) is 3.27. The van der Waals surface area contributed by atoms with Crippen molar-refractivity contribution in [2.45, 2.75) is 55.9 Å². The molecule has 0 saturated heterocycles. The Labute approximate surface area is 376 Å². The fourth-order valence-corrected chi connectivity index (χ4v) is 13.9. The molecule has 0 aliphatic heterocycles. The molecule has 62 heavy (non-hydrogen) atoms. The van der Waals surface area contributed by atoms with Crippen molar-refractivity contribution in [1.29, 1.82) is 0 Å². The Morgan fingerprint density at radius 3 is 1.50 bits per heavy atom. The normalized spacial score (nSPS) is 15.3. The van der Waals surface area contributed by atoms with Crippen LogP contribution in [-0.4, -0.2) is 27.4 Å². The zero-order valence-electron chi connectivity index (χ0n) is 31.8. The fourth-order valence-electron chi connectivity index (χ4n) is 5.59. The zero-order valence-corrected chi connectivity index (χ0v) is 39.2. The number of aryl methyl sites for hydroxylation is 1. The number of urea groups is 1. The van der Waals surface area contributed by atoms with Gasteiger partial charge in [-0.2, -0.15) is 26.3 Å². The van der Waals surface area contributed by atoms with Crippen LogP contribution in [0, 0.1) is 0 Å². The number of nitrogens with one attached hydrogen (secondary N) is 3. The van der Waals surface area contributed by atoms with Gasteiger partial charge in [0.15, 0.2) is 0 Å². The first-order valence-electron chi connectivity index (χ1n) is 17.7. The highest BCUT2D eigenvalue weighted by atomic mass is 79.9. The number of hydrazine groups is 3. The number of carbonyl (C=O) groups is 1. The van der Waals surface area contributed by atoms with Crippen molar-refractivity contribution < 1.29 is 63.2 Å². The highest BCUT2D eigenvalue weighted by Crippen LogP contribution is 2.84. The van der Waals surface area contributed by atoms with Crippen LogP contribution >= 0.6 is 70.6 Å². The lowest BCUT2D eigenvalue weighted by Crippen LogP contribution is -2.44. The molecule has 0 bridgehead atoms. The van der Waals surface area contributed by atoms with Gasteiger partial charge in [0.25, 0.3) is 0 Å². The average molecular weight is 1130 g/mol. The number of nitrogens with two attached hydrogens (primary N) is 3. The summed E-state index contributed by atoms with van der Waals surface area (Å²) in [6, 6.07) is 16.0. The van der Waals surface area contributed by atoms with Gasteiger partial charge in [-0.3, -0.25) is 41.2 Å². The third-order valence-corrected chi connectivity index (χ3v) is 17.1. The molecule has 0 aliphatic carbocycles. The van der Waals surface area contributed by atoms with Gasteiger partial charge in [0, 0.05) is 49.7 Å². The minimum Gasteiger partial charge on any atom is -0.337 e. The number of hydrogen-bond acceptors (Lipinski definition) is 11. The Hall–Kier alpha value is -2.50. The van der Waals surface area contributed by atoms with Gasteiger partial charge < -0.3 is 15.1 Å². The van der Waals surface area contributed by atoms with Crippen molar-refractivity contribution in [3.8, 4) is 0 Å². The van der Waals surface area contributed by atoms with Crippen LogP contribution in [0.5, 0.6) is 0 Å². The molecule has 2 atom stereocenters. The van der Waals surface area contributed by atoms with E-state index >= 15 is 26.3 Å². The van der Waals surface area contributed by atoms with E-state index in [0.29, 0.717) is 29.6 Å². The summed E-state index contributed by atoms with van der Waals surface area (Å²) >= 11 is 8.31. The van der Waals surface area contributed by atoms with Gasteiger partial charge in [0.2, 0.25) is 0 Å². The summed E-state index contributed by atoms with van der Waals surface area (Å²) in [6.07, 6.45) is 2.07. The van der Waals surface area contributed by atoms with Crippen LogP contribution in [0.25, 0.3) is 0 Å². The second-order valence-electron chi connectivity index (χ2n) is 13.3. The molecule has 0 aliphatic rings. The van der Waals surface area contributed by atoms with Gasteiger partial charge in [-0.05, 0) is 59.7 Å². The fraction of sp³-hybridized carbons (Fsp3) is 0.286. The Bertz CT molecular complexity index is 2290. The van der Waals surface area contributed by atoms with Gasteiger partial charge in [0.1, 0.15) is 0 Å². The van der Waals surface area contributed by atoms with Crippen LogP contribution in [0.2, 0.25) is 0 Å². The van der Waals surface area contributed by atoms with Gasteiger partial charge in [-0.1, -0.05) is 115 Å². The van der Waals surface area contributed by atoms with Crippen molar-refractivity contribution >= 4 is 76.6 Å². The molecule has 0 fully saturated rings. The van der Waals surface area contributed by atoms with Gasteiger partial charge in [-0.25, -0.2) is 19.3 Å². The number of hydrogen-bond donors (Lipinski definition) is 8. The van der Waals surface area contributed by atoms with Crippen LogP contribution in [-0.2, 0) is 65.4 Å². The summed E-state index contributed by atoms with van der Waals surface area (Å²) in [7, 11) is -21.9. The molecule has 2 amide bonds. The van der Waals surface area contributed by atoms with E-state index in [1.54, 1.807) is 0 Å². The standard InChI is InChI=1S/C35H39Br3F6N7O8P3/c36-29-16-23(19-49-45)9-12-26(29)33(39,40)60(53,54)58-62(57,59-61(55,56)34(41,42)27-13-10-24(20-50-46)17-30(27)37)35(43,44)28-14-11-25(18-31(28)38)21-51(47)32(52)48-15-5-4-8-22-6-2-1-3-7-22/h1-3,6-7,9-14,16-18,49-50H,4-5,8,15,19-21,45-47H2,(H,48,52)(H,53,54)(H,55,56). The molecular weight excluding hydrogens is 1090 g/mol. The summed E-state index contributed by atoms with van der Waals surface area (Å²) in [5.41, 5.74) is -14.4. The Balaban J connectivity index is 1.68. The molecule has 4 rings (SSSR count). The summed E-state index contributed by atoms with van der Waals surface area (Å²) < 4.78 is 145. The molecule has 0 aromatic heterocycles. The van der Waals surface area contributed by atoms with Crippen LogP contribution in [0.1, 0.15) is 51.8 Å². The van der Waals surface area contributed by atoms with Crippen molar-refractivity contribution in [1.82, 2.24) is 21.2 Å². The van der Waals surface area contributed by atoms with E-state index in [1.807, 2.05) is 30.3 Å². The largest absolute Gasteiger partial charge is 0.419 e. The van der Waals surface area contributed by atoms with Gasteiger partial charge in [0.05, 0.1) is 6.54 Å². The van der Waals surface area contributed by atoms with E-state index in [-0.39, 0.29) is 36.3 Å². The maximum absolute atomic E-state index is 16.7. The summed E-state index contributed by atoms with van der Waals surface area (Å²) in [5.74, 6) is 16.3. The lowest BCUT2D eigenvalue weighted by molar-refractivity contribution is 0.0290. The van der Waals surface area contributed by atoms with Gasteiger partial charge in [-0.15, -0.1) is 0 Å². The minimum atomic E-state index is -7.55. The molecule has 4 aromatic rings. The first kappa shape index (κ1) is 52.1. The number of halogens is 9. The zero-order chi connectivity index (χ0) is 46.3. The second-order valence-corrected chi connectivity index (χ2v) is 22.0. The average Bonchev–Trinajstić information content (AvgIpc) is 3.17. The Morgan fingerprint density at radius 2 is 1.06 bits per heavy atom. The topological polar surface area (TPSA) is 245 Å². The minimum absolute atomic E-state index is 0.00446. The molecule has 11 N–H and O–H groups in total. The third kappa shape index (κ3) is 12.0. The van der Waals surface area contributed by atoms with Crippen LogP contribution < -0.4 is 33.7 Å². The van der Waals surface area contributed by atoms with Crippen molar-refractivity contribution in [3.05, 3.63) is 137 Å². The van der Waals surface area contributed by atoms with E-state index in [4.69, 9.17) is 17.5 Å². The van der Waals surface area contributed by atoms with Crippen molar-refractivity contribution in [2.75, 3.05) is 6.54 Å². The number of benzene rings is 4. The number of nitrogens with zero attached hydrogens (tertiary/aromatic N) is 1. The summed E-state index contributed by atoms with van der Waals surface area (Å²) in [6.45, 7) is -0.427. The lowest BCUT2D eigenvalue weighted by Gasteiger charge is -2.33. The maximum atomic E-state index is 16.7. The highest BCUT2D eigenvalue weighted by molar-refractivity contribution is 9.11. The van der Waals surface area contributed by atoms with E-state index in [9.17, 15) is 28.3 Å². The number of carbonyl (C=O) groups excluding carboxylic acids is 1. The smallest absolute Gasteiger partial charge is 0.337 e. The van der Waals surface area contributed by atoms with Gasteiger partial charge >= 0.3 is 45.8 Å². The lowest BCUT2D eigenvalue weighted by atomic mass is 10.1. The predicted octanol–water partition coefficient (Wildman–Crippen LogP) is 9.45. The van der Waals surface area contributed by atoms with E-state index in [1.165, 1.54) is 0 Å². The number of unbranched alkanes of at least 4 members (excludes halogenated alkanes) is 1. The second kappa shape index (κ2) is 21.2. The quantitative estimate of drug-likeness (QED) is 0.00969. The summed E-state index contributed by atoms with van der Waals surface area (Å²) in [4.78, 5) is 34.0. The Kier molecular flexibility index (Phi) is 17.8. The first-order chi connectivity index (χ1) is 28.8. The van der Waals surface area contributed by atoms with E-state index < -0.39 is 82.5 Å². The van der Waals surface area contributed by atoms with Crippen molar-refractivity contribution in [3.63, 3.8) is 0 Å². The third-order valence-electron chi connectivity index (χ3n) is 8.80. The van der Waals surface area contributed by atoms with Crippen LogP contribution in [0.15, 0.2) is 98.3 Å². The predicted molar refractivity (Wildman–Crippen MR) is 228 cm³/mol. The Morgan fingerprint density at radius 1 is 0.645 bits per heavy atom. The molecule has 0 heterocycles. The number of rotatable bonds is 21. The highest BCUT2D eigenvalue weighted by Gasteiger charge is 2.69. The molecular formula is C35H39Br3F6N7O8P3. The first-order valence-corrected chi connectivity index (χ1v) is 24.8. The molecule has 27 heteroatoms. The van der Waals surface area contributed by atoms with Crippen molar-refractivity contribution in [2.24, 2.45) is 17.5 Å². The molecule has 0 saturated carbocycles. The molecule has 2 unspecified atom stereocenters. The van der Waals surface area contributed by atoms with Crippen LogP contribution in [0.4, 0.5) is 31.1 Å². The molecule has 0 spiro atoms. The molecule has 15 nitrogen and oxygen atoms in total. The molecule has 0 radical (unpaired) electrons. The monoisotopic (exact) mass is 1130 g/mol. The van der Waals surface area contributed by atoms with E-state index in [2.05, 4.69) is 72.6 Å². The molecule has 340 valence electrons. The number of amides is 2. The number of alkyl halides is 6. The molecule has 4 aromatic carbocycles. The SMILES string of the molecule is NNCc1ccc(C(F)(F)P(=O)(O)OP(=O)(OP(=O)(O)C(F)(F)c2ccc(CNN)cc2Br)C(F)(F)c2ccc(CN(N)C(=O)NCCCCc3ccccc3)cc2Br)c(Br)c1. The van der Waals surface area contributed by atoms with Crippen LogP contribution in [0.3, 0.4) is 0 Å². The van der Waals surface area contributed by atoms with E-state index in [0.717, 1.165) is 54.8 Å². The maximum Gasteiger partial charge on any atom is 0.419 e.